The van der Waals surface area contributed by atoms with E-state index < -0.39 is 17.1 Å². The zero-order valence-corrected chi connectivity index (χ0v) is 17.0. The normalized spacial score (nSPS) is 31.4. The van der Waals surface area contributed by atoms with Gasteiger partial charge < -0.3 is 14.7 Å². The lowest BCUT2D eigenvalue weighted by Gasteiger charge is -2.48. The van der Waals surface area contributed by atoms with Crippen molar-refractivity contribution in [2.24, 2.45) is 11.1 Å². The molecule has 152 valence electrons. The number of ketones is 1. The van der Waals surface area contributed by atoms with Gasteiger partial charge >= 0.3 is 0 Å². The third kappa shape index (κ3) is 2.76. The predicted octanol–water partition coefficient (Wildman–Crippen LogP) is 3.57. The van der Waals surface area contributed by atoms with Crippen LogP contribution >= 0.6 is 0 Å². The second-order valence-corrected chi connectivity index (χ2v) is 9.06. The zero-order chi connectivity index (χ0) is 20.1. The maximum Gasteiger partial charge on any atom is 0.174 e. The van der Waals surface area contributed by atoms with Crippen molar-refractivity contribution in [2.75, 3.05) is 20.1 Å². The molecular weight excluding hydrogens is 356 g/mol. The first-order valence-corrected chi connectivity index (χ1v) is 10.4. The Bertz CT molecular complexity index is 806. The van der Waals surface area contributed by atoms with Crippen LogP contribution in [0, 0.1) is 10.8 Å². The lowest BCUT2D eigenvalue weighted by Crippen LogP contribution is -2.62. The zero-order valence-electron chi connectivity index (χ0n) is 17.0. The molecule has 1 aliphatic heterocycles. The molecule has 1 unspecified atom stereocenters. The average Bonchev–Trinajstić information content (AvgIpc) is 3.42. The number of benzene rings is 1. The summed E-state index contributed by atoms with van der Waals surface area (Å²) in [6.07, 6.45) is 3.85. The first kappa shape index (κ1) is 19.4. The molecule has 1 aromatic rings. The Morgan fingerprint density at radius 1 is 1.36 bits per heavy atom. The van der Waals surface area contributed by atoms with E-state index in [0.717, 1.165) is 36.6 Å². The van der Waals surface area contributed by atoms with Crippen molar-refractivity contribution in [1.82, 2.24) is 4.90 Å². The van der Waals surface area contributed by atoms with Gasteiger partial charge in [-0.2, -0.15) is 4.91 Å². The maximum absolute atomic E-state index is 12.9. The van der Waals surface area contributed by atoms with Gasteiger partial charge in [0.15, 0.2) is 23.4 Å². The maximum atomic E-state index is 12.9. The molecule has 0 amide bonds. The Morgan fingerprint density at radius 2 is 2.11 bits per heavy atom. The number of aryl methyl sites for hydroxylation is 1. The van der Waals surface area contributed by atoms with E-state index in [4.69, 9.17) is 4.74 Å². The molecule has 3 atom stereocenters. The van der Waals surface area contributed by atoms with E-state index in [-0.39, 0.29) is 18.0 Å². The van der Waals surface area contributed by atoms with Crippen molar-refractivity contribution in [1.29, 1.82) is 0 Å². The number of fused-ring (bicyclic) bond motifs is 3. The number of carbonyl (C=O) groups excluding carboxylic acids is 1. The fraction of sp³-hybridized carbons (Fsp3) is 0.682. The van der Waals surface area contributed by atoms with Gasteiger partial charge in [-0.05, 0) is 70.2 Å². The molecule has 28 heavy (non-hydrogen) atoms. The van der Waals surface area contributed by atoms with E-state index in [1.807, 2.05) is 19.9 Å². The minimum absolute atomic E-state index is 0.00336. The van der Waals surface area contributed by atoms with Gasteiger partial charge in [0.05, 0.1) is 5.41 Å². The number of Topliss-reactive ketones (excluding diaryl/α,β-unsaturated/α-hetero) is 1. The molecule has 0 spiro atoms. The van der Waals surface area contributed by atoms with Crippen LogP contribution in [0.3, 0.4) is 0 Å². The third-order valence-electron chi connectivity index (χ3n) is 7.20. The highest BCUT2D eigenvalue weighted by Crippen LogP contribution is 2.60. The van der Waals surface area contributed by atoms with Gasteiger partial charge in [-0.1, -0.05) is 18.2 Å². The SMILES string of the molecule is CCc1ccc(O)c2c1[C@@]1(CCN(C)CC3CC3)[C@@H](O2)C(=O)CCC1(C)N=O. The van der Waals surface area contributed by atoms with Crippen LogP contribution < -0.4 is 4.74 Å². The van der Waals surface area contributed by atoms with Crippen LogP contribution in [0.1, 0.15) is 57.1 Å². The Kier molecular flexibility index (Phi) is 4.73. The van der Waals surface area contributed by atoms with Crippen LogP contribution in [0.4, 0.5) is 0 Å². The first-order valence-electron chi connectivity index (χ1n) is 10.4. The minimum Gasteiger partial charge on any atom is -0.504 e. The molecule has 2 saturated carbocycles. The Labute approximate surface area is 166 Å². The fourth-order valence-electron chi connectivity index (χ4n) is 5.33. The molecular formula is C22H30N2O4. The fourth-order valence-corrected chi connectivity index (χ4v) is 5.33. The van der Waals surface area contributed by atoms with Crippen molar-refractivity contribution in [3.8, 4) is 11.5 Å². The van der Waals surface area contributed by atoms with E-state index in [1.165, 1.54) is 12.8 Å². The molecule has 0 aromatic heterocycles. The molecule has 3 aliphatic rings. The molecule has 0 radical (unpaired) electrons. The molecule has 4 rings (SSSR count). The van der Waals surface area contributed by atoms with Crippen LogP contribution in [0.5, 0.6) is 11.5 Å². The van der Waals surface area contributed by atoms with Gasteiger partial charge in [-0.15, -0.1) is 0 Å². The molecule has 1 heterocycles. The lowest BCUT2D eigenvalue weighted by molar-refractivity contribution is -0.133. The van der Waals surface area contributed by atoms with Crippen molar-refractivity contribution >= 4 is 5.78 Å². The smallest absolute Gasteiger partial charge is 0.174 e. The van der Waals surface area contributed by atoms with Gasteiger partial charge in [0, 0.05) is 18.5 Å². The number of ether oxygens (including phenoxy) is 1. The molecule has 2 aliphatic carbocycles. The van der Waals surface area contributed by atoms with Crippen molar-refractivity contribution in [3.05, 3.63) is 28.2 Å². The van der Waals surface area contributed by atoms with E-state index in [9.17, 15) is 14.8 Å². The summed E-state index contributed by atoms with van der Waals surface area (Å²) in [5, 5.41) is 14.1. The summed E-state index contributed by atoms with van der Waals surface area (Å²) in [6.45, 7) is 5.70. The van der Waals surface area contributed by atoms with E-state index in [0.29, 0.717) is 18.6 Å². The van der Waals surface area contributed by atoms with Crippen LogP contribution in [0.25, 0.3) is 0 Å². The summed E-state index contributed by atoms with van der Waals surface area (Å²) in [5.41, 5.74) is 0.0655. The van der Waals surface area contributed by atoms with Crippen LogP contribution in [-0.2, 0) is 16.6 Å². The average molecular weight is 386 g/mol. The van der Waals surface area contributed by atoms with Gasteiger partial charge in [0.25, 0.3) is 0 Å². The topological polar surface area (TPSA) is 79.2 Å². The first-order chi connectivity index (χ1) is 13.4. The third-order valence-corrected chi connectivity index (χ3v) is 7.20. The monoisotopic (exact) mass is 386 g/mol. The predicted molar refractivity (Wildman–Crippen MR) is 107 cm³/mol. The number of hydrogen-bond acceptors (Lipinski definition) is 6. The highest BCUT2D eigenvalue weighted by Gasteiger charge is 2.66. The molecule has 6 heteroatoms. The molecule has 0 bridgehead atoms. The standard InChI is InChI=1S/C22H30N2O4/c1-4-15-7-8-16(25)19-18(15)22(11-12-24(3)13-14-5-6-14)20(28-19)17(26)9-10-21(22,2)23-27/h7-8,14,20,25H,4-6,9-13H2,1-3H3/t20-,21?,22-/m0/s1. The number of nitroso groups, excluding NO2 is 1. The van der Waals surface area contributed by atoms with Gasteiger partial charge in [0.2, 0.25) is 0 Å². The number of rotatable bonds is 7. The van der Waals surface area contributed by atoms with Crippen LogP contribution in [0.15, 0.2) is 17.3 Å². The van der Waals surface area contributed by atoms with E-state index >= 15 is 0 Å². The number of hydrogen-bond donors (Lipinski definition) is 1. The summed E-state index contributed by atoms with van der Waals surface area (Å²) in [6, 6.07) is 3.51. The summed E-state index contributed by atoms with van der Waals surface area (Å²) >= 11 is 0. The van der Waals surface area contributed by atoms with Crippen molar-refractivity contribution in [3.63, 3.8) is 0 Å². The molecule has 2 fully saturated rings. The van der Waals surface area contributed by atoms with Crippen molar-refractivity contribution < 1.29 is 14.6 Å². The summed E-state index contributed by atoms with van der Waals surface area (Å²) in [5.74, 6) is 1.18. The molecule has 6 nitrogen and oxygen atoms in total. The Hall–Kier alpha value is -1.95. The number of aromatic hydroxyl groups is 1. The summed E-state index contributed by atoms with van der Waals surface area (Å²) in [4.78, 5) is 27.4. The van der Waals surface area contributed by atoms with Gasteiger partial charge in [-0.3, -0.25) is 4.79 Å². The van der Waals surface area contributed by atoms with E-state index in [1.54, 1.807) is 6.07 Å². The van der Waals surface area contributed by atoms with Gasteiger partial charge in [0.1, 0.15) is 5.54 Å². The van der Waals surface area contributed by atoms with E-state index in [2.05, 4.69) is 17.1 Å². The van der Waals surface area contributed by atoms with Gasteiger partial charge in [-0.25, -0.2) is 0 Å². The number of phenolic OH excluding ortho intramolecular Hbond substituents is 1. The van der Waals surface area contributed by atoms with Crippen LogP contribution in [-0.4, -0.2) is 47.6 Å². The highest BCUT2D eigenvalue weighted by molar-refractivity contribution is 5.89. The second-order valence-electron chi connectivity index (χ2n) is 9.06. The summed E-state index contributed by atoms with van der Waals surface area (Å²) < 4.78 is 6.11. The summed E-state index contributed by atoms with van der Waals surface area (Å²) in [7, 11) is 2.10. The van der Waals surface area contributed by atoms with Crippen LogP contribution in [0.2, 0.25) is 0 Å². The molecule has 0 saturated heterocycles. The second kappa shape index (κ2) is 6.83. The lowest BCUT2D eigenvalue weighted by atomic mass is 9.55. The quantitative estimate of drug-likeness (QED) is 0.725. The number of nitrogens with zero attached hydrogens (tertiary/aromatic N) is 2. The molecule has 1 N–H and O–H groups in total. The Balaban J connectivity index is 1.83. The Morgan fingerprint density at radius 3 is 2.75 bits per heavy atom. The largest absolute Gasteiger partial charge is 0.504 e. The minimum atomic E-state index is -0.949. The number of carbonyl (C=O) groups is 1. The molecule has 1 aromatic carbocycles. The highest BCUT2D eigenvalue weighted by atomic mass is 16.5. The van der Waals surface area contributed by atoms with Crippen molar-refractivity contribution in [2.45, 2.75) is 69.4 Å². The number of phenols is 1.